The summed E-state index contributed by atoms with van der Waals surface area (Å²) in [5.74, 6) is -0.0780. The van der Waals surface area contributed by atoms with Crippen LogP contribution in [-0.2, 0) is 9.59 Å². The van der Waals surface area contributed by atoms with Crippen LogP contribution in [0.3, 0.4) is 0 Å². The van der Waals surface area contributed by atoms with Gasteiger partial charge in [0.2, 0.25) is 0 Å². The van der Waals surface area contributed by atoms with Gasteiger partial charge < -0.3 is 15.0 Å². The molecular weight excluding hydrogens is 414 g/mol. The fourth-order valence-corrected chi connectivity index (χ4v) is 4.36. The highest BCUT2D eigenvalue weighted by molar-refractivity contribution is 6.46. The molecule has 1 saturated heterocycles. The molecule has 166 valence electrons. The number of carbonyl (C=O) groups is 2. The summed E-state index contributed by atoms with van der Waals surface area (Å²) in [5, 5.41) is 3.23. The first-order chi connectivity index (χ1) is 16.2. The molecule has 3 aromatic rings. The molecular formula is C27H25N3O3. The highest BCUT2D eigenvalue weighted by Gasteiger charge is 2.40. The molecule has 6 nitrogen and oxygen atoms in total. The molecule has 0 saturated carbocycles. The molecule has 6 heteroatoms. The van der Waals surface area contributed by atoms with Crippen LogP contribution in [-0.4, -0.2) is 32.0 Å². The summed E-state index contributed by atoms with van der Waals surface area (Å²) in [6.07, 6.45) is 2.43. The number of ether oxygens (including phenoxy) is 1. The Morgan fingerprint density at radius 1 is 0.758 bits per heavy atom. The number of anilines is 3. The number of nitrogens with zero attached hydrogens (tertiary/aromatic N) is 2. The normalized spacial score (nSPS) is 16.0. The average Bonchev–Trinajstić information content (AvgIpc) is 3.47. The van der Waals surface area contributed by atoms with Crippen molar-refractivity contribution in [2.45, 2.75) is 12.8 Å². The summed E-state index contributed by atoms with van der Waals surface area (Å²) in [6.45, 7) is 2.14. The van der Waals surface area contributed by atoms with Gasteiger partial charge in [-0.25, -0.2) is 4.90 Å². The third kappa shape index (κ3) is 3.96. The first kappa shape index (κ1) is 20.8. The number of hydrogen-bond acceptors (Lipinski definition) is 5. The molecule has 0 unspecified atom stereocenters. The summed E-state index contributed by atoms with van der Waals surface area (Å²) in [4.78, 5) is 30.5. The van der Waals surface area contributed by atoms with Gasteiger partial charge >= 0.3 is 0 Å². The van der Waals surface area contributed by atoms with E-state index in [-0.39, 0.29) is 17.5 Å². The molecule has 2 aliphatic rings. The maximum absolute atomic E-state index is 13.5. The van der Waals surface area contributed by atoms with Crippen LogP contribution in [0.25, 0.3) is 5.57 Å². The van der Waals surface area contributed by atoms with Gasteiger partial charge in [-0.15, -0.1) is 0 Å². The van der Waals surface area contributed by atoms with Crippen molar-refractivity contribution in [2.75, 3.05) is 35.3 Å². The molecule has 1 N–H and O–H groups in total. The molecule has 0 atom stereocenters. The van der Waals surface area contributed by atoms with Gasteiger partial charge in [-0.3, -0.25) is 9.59 Å². The largest absolute Gasteiger partial charge is 0.497 e. The van der Waals surface area contributed by atoms with Crippen molar-refractivity contribution in [1.29, 1.82) is 0 Å². The van der Waals surface area contributed by atoms with Crippen molar-refractivity contribution in [2.24, 2.45) is 0 Å². The summed E-state index contributed by atoms with van der Waals surface area (Å²) in [5.41, 5.74) is 3.77. The van der Waals surface area contributed by atoms with Crippen molar-refractivity contribution in [3.63, 3.8) is 0 Å². The number of methoxy groups -OCH3 is 1. The van der Waals surface area contributed by atoms with Crippen LogP contribution in [0.5, 0.6) is 5.75 Å². The van der Waals surface area contributed by atoms with E-state index in [2.05, 4.69) is 22.3 Å². The maximum Gasteiger partial charge on any atom is 0.282 e. The highest BCUT2D eigenvalue weighted by Crippen LogP contribution is 2.34. The number of carbonyl (C=O) groups excluding carboxylic acids is 2. The molecule has 2 heterocycles. The minimum atomic E-state index is -0.382. The summed E-state index contributed by atoms with van der Waals surface area (Å²) in [6, 6.07) is 24.2. The number of nitrogens with one attached hydrogen (secondary N) is 1. The van der Waals surface area contributed by atoms with E-state index in [1.165, 1.54) is 23.4 Å². The maximum atomic E-state index is 13.5. The van der Waals surface area contributed by atoms with E-state index in [9.17, 15) is 9.59 Å². The van der Waals surface area contributed by atoms with Crippen LogP contribution in [0, 0.1) is 0 Å². The predicted octanol–water partition coefficient (Wildman–Crippen LogP) is 4.69. The monoisotopic (exact) mass is 439 g/mol. The number of rotatable bonds is 6. The Bertz CT molecular complexity index is 1200. The SMILES string of the molecule is COc1ccc(N2C(=O)C(Nc3ccc(N4CCCC4)cc3)=C(c3ccccc3)C2=O)cc1. The van der Waals surface area contributed by atoms with Crippen molar-refractivity contribution in [3.05, 3.63) is 90.1 Å². The quantitative estimate of drug-likeness (QED) is 0.565. The molecule has 0 spiro atoms. The Balaban J connectivity index is 1.49. The smallest absolute Gasteiger partial charge is 0.282 e. The second-order valence-electron chi connectivity index (χ2n) is 8.13. The fraction of sp³-hybridized carbons (Fsp3) is 0.185. The van der Waals surface area contributed by atoms with Gasteiger partial charge in [-0.05, 0) is 66.9 Å². The van der Waals surface area contributed by atoms with Crippen LogP contribution in [0.2, 0.25) is 0 Å². The minimum absolute atomic E-state index is 0.274. The lowest BCUT2D eigenvalue weighted by atomic mass is 10.0. The van der Waals surface area contributed by atoms with Crippen LogP contribution in [0.1, 0.15) is 18.4 Å². The molecule has 0 aromatic heterocycles. The van der Waals surface area contributed by atoms with E-state index in [0.717, 1.165) is 18.8 Å². The van der Waals surface area contributed by atoms with Crippen molar-refractivity contribution >= 4 is 34.4 Å². The predicted molar refractivity (Wildman–Crippen MR) is 130 cm³/mol. The highest BCUT2D eigenvalue weighted by atomic mass is 16.5. The van der Waals surface area contributed by atoms with Crippen molar-refractivity contribution in [1.82, 2.24) is 0 Å². The number of hydrogen-bond donors (Lipinski definition) is 1. The Hall–Kier alpha value is -4.06. The number of imide groups is 1. The number of benzene rings is 3. The van der Waals surface area contributed by atoms with Crippen LogP contribution in [0.4, 0.5) is 17.1 Å². The molecule has 2 amide bonds. The van der Waals surface area contributed by atoms with E-state index < -0.39 is 0 Å². The minimum Gasteiger partial charge on any atom is -0.497 e. The second-order valence-corrected chi connectivity index (χ2v) is 8.13. The van der Waals surface area contributed by atoms with Gasteiger partial charge in [0.25, 0.3) is 11.8 Å². The lowest BCUT2D eigenvalue weighted by Crippen LogP contribution is -2.32. The van der Waals surface area contributed by atoms with Gasteiger partial charge in [0.05, 0.1) is 18.4 Å². The van der Waals surface area contributed by atoms with E-state index in [1.807, 2.05) is 42.5 Å². The zero-order valence-corrected chi connectivity index (χ0v) is 18.5. The third-order valence-electron chi connectivity index (χ3n) is 6.08. The van der Waals surface area contributed by atoms with Crippen molar-refractivity contribution in [3.8, 4) is 5.75 Å². The first-order valence-corrected chi connectivity index (χ1v) is 11.1. The summed E-state index contributed by atoms with van der Waals surface area (Å²) in [7, 11) is 1.58. The topological polar surface area (TPSA) is 61.9 Å². The van der Waals surface area contributed by atoms with E-state index in [1.54, 1.807) is 31.4 Å². The molecule has 33 heavy (non-hydrogen) atoms. The lowest BCUT2D eigenvalue weighted by molar-refractivity contribution is -0.120. The van der Waals surface area contributed by atoms with Gasteiger partial charge in [-0.1, -0.05) is 30.3 Å². The zero-order chi connectivity index (χ0) is 22.8. The molecule has 0 bridgehead atoms. The van der Waals surface area contributed by atoms with Gasteiger partial charge in [0.15, 0.2) is 0 Å². The molecule has 1 fully saturated rings. The van der Waals surface area contributed by atoms with Crippen molar-refractivity contribution < 1.29 is 14.3 Å². The van der Waals surface area contributed by atoms with Gasteiger partial charge in [0.1, 0.15) is 11.4 Å². The summed E-state index contributed by atoms with van der Waals surface area (Å²) < 4.78 is 5.21. The van der Waals surface area contributed by atoms with Gasteiger partial charge in [-0.2, -0.15) is 0 Å². The molecule has 2 aliphatic heterocycles. The van der Waals surface area contributed by atoms with Gasteiger partial charge in [0, 0.05) is 24.5 Å². The van der Waals surface area contributed by atoms with Crippen LogP contribution >= 0.6 is 0 Å². The second kappa shape index (κ2) is 8.82. The third-order valence-corrected chi connectivity index (χ3v) is 6.08. The van der Waals surface area contributed by atoms with Crippen LogP contribution in [0.15, 0.2) is 84.6 Å². The average molecular weight is 440 g/mol. The Morgan fingerprint density at radius 3 is 2.03 bits per heavy atom. The molecule has 0 radical (unpaired) electrons. The zero-order valence-electron chi connectivity index (χ0n) is 18.5. The Labute approximate surface area is 193 Å². The molecule has 3 aromatic carbocycles. The summed E-state index contributed by atoms with van der Waals surface area (Å²) >= 11 is 0. The number of amides is 2. The van der Waals surface area contributed by atoms with Crippen LogP contribution < -0.4 is 19.9 Å². The van der Waals surface area contributed by atoms with E-state index in [4.69, 9.17) is 4.74 Å². The van der Waals surface area contributed by atoms with E-state index >= 15 is 0 Å². The Morgan fingerprint density at radius 2 is 1.39 bits per heavy atom. The first-order valence-electron chi connectivity index (χ1n) is 11.1. The standard InChI is InChI=1S/C27H25N3O3/c1-33-23-15-13-22(14-16-23)30-26(31)24(19-7-3-2-4-8-19)25(27(30)32)28-20-9-11-21(12-10-20)29-17-5-6-18-29/h2-4,7-16,28H,5-6,17-18H2,1H3. The van der Waals surface area contributed by atoms with E-state index in [0.29, 0.717) is 22.6 Å². The lowest BCUT2D eigenvalue weighted by Gasteiger charge is -2.18. The molecule has 0 aliphatic carbocycles. The molecule has 5 rings (SSSR count). The Kier molecular flexibility index (Phi) is 5.57. The fourth-order valence-electron chi connectivity index (χ4n) is 4.36.